The Kier molecular flexibility index (Phi) is 6.06. The number of benzene rings is 1. The van der Waals surface area contributed by atoms with Crippen LogP contribution in [0.2, 0.25) is 0 Å². The molecule has 0 radical (unpaired) electrons. The SMILES string of the molecule is CCC1CCCN(C(c2ccccc2Br)C(N)CC)C1. The van der Waals surface area contributed by atoms with E-state index in [0.29, 0.717) is 6.04 Å². The van der Waals surface area contributed by atoms with E-state index in [-0.39, 0.29) is 6.04 Å². The van der Waals surface area contributed by atoms with Crippen LogP contribution in [-0.2, 0) is 0 Å². The molecule has 0 amide bonds. The monoisotopic (exact) mass is 338 g/mol. The lowest BCUT2D eigenvalue weighted by molar-refractivity contribution is 0.103. The van der Waals surface area contributed by atoms with E-state index in [1.54, 1.807) is 0 Å². The topological polar surface area (TPSA) is 29.3 Å². The molecule has 1 aromatic rings. The van der Waals surface area contributed by atoms with Crippen molar-refractivity contribution >= 4 is 15.9 Å². The van der Waals surface area contributed by atoms with Gasteiger partial charge in [0, 0.05) is 17.1 Å². The molecule has 3 unspecified atom stereocenters. The summed E-state index contributed by atoms with van der Waals surface area (Å²) < 4.78 is 1.19. The Hall–Kier alpha value is -0.380. The van der Waals surface area contributed by atoms with Gasteiger partial charge >= 0.3 is 0 Å². The van der Waals surface area contributed by atoms with Crippen LogP contribution in [0.1, 0.15) is 51.1 Å². The van der Waals surface area contributed by atoms with E-state index in [1.165, 1.54) is 42.4 Å². The van der Waals surface area contributed by atoms with Crippen molar-refractivity contribution in [3.8, 4) is 0 Å². The number of nitrogens with two attached hydrogens (primary N) is 1. The summed E-state index contributed by atoms with van der Waals surface area (Å²) in [5, 5.41) is 0. The van der Waals surface area contributed by atoms with E-state index in [1.807, 2.05) is 0 Å². The Balaban J connectivity index is 2.26. The van der Waals surface area contributed by atoms with Crippen molar-refractivity contribution in [1.29, 1.82) is 0 Å². The molecule has 0 saturated carbocycles. The van der Waals surface area contributed by atoms with Crippen molar-refractivity contribution in [2.45, 2.75) is 51.6 Å². The van der Waals surface area contributed by atoms with Gasteiger partial charge in [-0.2, -0.15) is 0 Å². The van der Waals surface area contributed by atoms with Gasteiger partial charge in [-0.15, -0.1) is 0 Å². The summed E-state index contributed by atoms with van der Waals surface area (Å²) in [6.45, 7) is 6.86. The van der Waals surface area contributed by atoms with Crippen molar-refractivity contribution < 1.29 is 0 Å². The van der Waals surface area contributed by atoms with Crippen molar-refractivity contribution in [2.75, 3.05) is 13.1 Å². The fourth-order valence-electron chi connectivity index (χ4n) is 3.32. The maximum Gasteiger partial charge on any atom is 0.0510 e. The summed E-state index contributed by atoms with van der Waals surface area (Å²) in [5.41, 5.74) is 7.82. The van der Waals surface area contributed by atoms with Crippen LogP contribution >= 0.6 is 15.9 Å². The summed E-state index contributed by atoms with van der Waals surface area (Å²) >= 11 is 3.71. The lowest BCUT2D eigenvalue weighted by Gasteiger charge is -2.41. The number of piperidine rings is 1. The normalized spacial score (nSPS) is 23.5. The summed E-state index contributed by atoms with van der Waals surface area (Å²) in [6, 6.07) is 9.09. The molecule has 3 heteroatoms. The third-order valence-corrected chi connectivity index (χ3v) is 5.34. The van der Waals surface area contributed by atoms with Crippen LogP contribution in [0.25, 0.3) is 0 Å². The minimum atomic E-state index is 0.198. The molecule has 1 aromatic carbocycles. The number of hydrogen-bond donors (Lipinski definition) is 1. The molecule has 0 spiro atoms. The first-order chi connectivity index (χ1) is 9.67. The quantitative estimate of drug-likeness (QED) is 0.864. The maximum atomic E-state index is 6.47. The molecule has 1 aliphatic rings. The molecule has 0 aliphatic carbocycles. The first-order valence-electron chi connectivity index (χ1n) is 7.91. The molecule has 1 saturated heterocycles. The van der Waals surface area contributed by atoms with Crippen LogP contribution in [0.15, 0.2) is 28.7 Å². The summed E-state index contributed by atoms with van der Waals surface area (Å²) in [5.74, 6) is 0.831. The van der Waals surface area contributed by atoms with Crippen LogP contribution in [0.5, 0.6) is 0 Å². The number of rotatable bonds is 5. The van der Waals surface area contributed by atoms with Gasteiger partial charge in [0.25, 0.3) is 0 Å². The van der Waals surface area contributed by atoms with Crippen molar-refractivity contribution in [3.05, 3.63) is 34.3 Å². The van der Waals surface area contributed by atoms with Crippen LogP contribution in [0.3, 0.4) is 0 Å². The Morgan fingerprint density at radius 2 is 2.10 bits per heavy atom. The van der Waals surface area contributed by atoms with Gasteiger partial charge in [0.2, 0.25) is 0 Å². The zero-order chi connectivity index (χ0) is 14.5. The second-order valence-corrected chi connectivity index (χ2v) is 6.80. The summed E-state index contributed by atoms with van der Waals surface area (Å²) in [7, 11) is 0. The van der Waals surface area contributed by atoms with Gasteiger partial charge in [0.05, 0.1) is 6.04 Å². The number of halogens is 1. The Morgan fingerprint density at radius 1 is 1.35 bits per heavy atom. The molecule has 112 valence electrons. The van der Waals surface area contributed by atoms with Crippen LogP contribution in [-0.4, -0.2) is 24.0 Å². The highest BCUT2D eigenvalue weighted by molar-refractivity contribution is 9.10. The predicted octanol–water partition coefficient (Wildman–Crippen LogP) is 4.35. The molecule has 3 atom stereocenters. The second-order valence-electron chi connectivity index (χ2n) is 5.95. The lowest BCUT2D eigenvalue weighted by Crippen LogP contribution is -2.45. The predicted molar refractivity (Wildman–Crippen MR) is 89.7 cm³/mol. The van der Waals surface area contributed by atoms with Crippen LogP contribution in [0.4, 0.5) is 0 Å². The average Bonchev–Trinajstić information content (AvgIpc) is 2.49. The van der Waals surface area contributed by atoms with Gasteiger partial charge in [-0.3, -0.25) is 4.90 Å². The highest BCUT2D eigenvalue weighted by atomic mass is 79.9. The van der Waals surface area contributed by atoms with E-state index in [0.717, 1.165) is 12.3 Å². The highest BCUT2D eigenvalue weighted by Gasteiger charge is 2.30. The Morgan fingerprint density at radius 3 is 2.75 bits per heavy atom. The van der Waals surface area contributed by atoms with E-state index < -0.39 is 0 Å². The first-order valence-corrected chi connectivity index (χ1v) is 8.70. The number of hydrogen-bond acceptors (Lipinski definition) is 2. The van der Waals surface area contributed by atoms with Crippen molar-refractivity contribution in [2.24, 2.45) is 11.7 Å². The molecule has 1 aliphatic heterocycles. The zero-order valence-electron chi connectivity index (χ0n) is 12.7. The van der Waals surface area contributed by atoms with Gasteiger partial charge < -0.3 is 5.73 Å². The third-order valence-electron chi connectivity index (χ3n) is 4.62. The fraction of sp³-hybridized carbons (Fsp3) is 0.647. The minimum Gasteiger partial charge on any atom is -0.326 e. The van der Waals surface area contributed by atoms with Gasteiger partial charge in [0.1, 0.15) is 0 Å². The molecule has 1 heterocycles. The van der Waals surface area contributed by atoms with Crippen LogP contribution in [0, 0.1) is 5.92 Å². The molecule has 0 aromatic heterocycles. The molecule has 2 N–H and O–H groups in total. The Labute approximate surface area is 131 Å². The standard InChI is InChI=1S/C17H27BrN2/c1-3-13-8-7-11-20(12-13)17(16(19)4-2)14-9-5-6-10-15(14)18/h5-6,9-10,13,16-17H,3-4,7-8,11-12,19H2,1-2H3. The smallest absolute Gasteiger partial charge is 0.0510 e. The molecule has 2 nitrogen and oxygen atoms in total. The van der Waals surface area contributed by atoms with Crippen molar-refractivity contribution in [1.82, 2.24) is 4.90 Å². The van der Waals surface area contributed by atoms with Gasteiger partial charge in [-0.1, -0.05) is 54.4 Å². The van der Waals surface area contributed by atoms with E-state index >= 15 is 0 Å². The molecule has 1 fully saturated rings. The third kappa shape index (κ3) is 3.63. The molecular weight excluding hydrogens is 312 g/mol. The molecular formula is C17H27BrN2. The zero-order valence-corrected chi connectivity index (χ0v) is 14.3. The highest BCUT2D eigenvalue weighted by Crippen LogP contribution is 2.34. The second kappa shape index (κ2) is 7.58. The fourth-order valence-corrected chi connectivity index (χ4v) is 3.84. The van der Waals surface area contributed by atoms with Gasteiger partial charge in [-0.25, -0.2) is 0 Å². The Bertz CT molecular complexity index is 421. The maximum absolute atomic E-state index is 6.47. The van der Waals surface area contributed by atoms with E-state index in [4.69, 9.17) is 5.73 Å². The molecule has 0 bridgehead atoms. The molecule has 2 rings (SSSR count). The number of likely N-dealkylation sites (tertiary alicyclic amines) is 1. The average molecular weight is 339 g/mol. The largest absolute Gasteiger partial charge is 0.326 e. The molecule has 20 heavy (non-hydrogen) atoms. The first kappa shape index (κ1) is 16.0. The van der Waals surface area contributed by atoms with Gasteiger partial charge in [-0.05, 0) is 43.4 Å². The van der Waals surface area contributed by atoms with E-state index in [9.17, 15) is 0 Å². The van der Waals surface area contributed by atoms with Crippen molar-refractivity contribution in [3.63, 3.8) is 0 Å². The minimum absolute atomic E-state index is 0.198. The summed E-state index contributed by atoms with van der Waals surface area (Å²) in [4.78, 5) is 2.62. The van der Waals surface area contributed by atoms with Gasteiger partial charge in [0.15, 0.2) is 0 Å². The number of nitrogens with zero attached hydrogens (tertiary/aromatic N) is 1. The summed E-state index contributed by atoms with van der Waals surface area (Å²) in [6.07, 6.45) is 4.97. The lowest BCUT2D eigenvalue weighted by atomic mass is 9.90. The van der Waals surface area contributed by atoms with Crippen LogP contribution < -0.4 is 5.73 Å². The van der Waals surface area contributed by atoms with E-state index in [2.05, 4.69) is 58.9 Å².